The lowest BCUT2D eigenvalue weighted by molar-refractivity contribution is 0.628. The molecule has 2 aromatic carbocycles. The number of nitrogens with one attached hydrogen (secondary N) is 1. The minimum atomic E-state index is -0.243. The molecule has 0 radical (unpaired) electrons. The molecule has 0 saturated carbocycles. The second kappa shape index (κ2) is 3.96. The van der Waals surface area contributed by atoms with Gasteiger partial charge in [0.05, 0.1) is 5.52 Å². The molecule has 3 rings (SSSR count). The molecule has 1 heterocycles. The van der Waals surface area contributed by atoms with Crippen molar-refractivity contribution in [3.63, 3.8) is 0 Å². The van der Waals surface area contributed by atoms with Gasteiger partial charge in [-0.05, 0) is 36.4 Å². The second-order valence-corrected chi connectivity index (χ2v) is 4.60. The Morgan fingerprint density at radius 2 is 1.82 bits per heavy atom. The van der Waals surface area contributed by atoms with Crippen molar-refractivity contribution >= 4 is 26.8 Å². The molecular weight excluding hydrogens is 283 g/mol. The summed E-state index contributed by atoms with van der Waals surface area (Å²) in [4.78, 5) is 0. The molecule has 1 aromatic heterocycles. The van der Waals surface area contributed by atoms with Gasteiger partial charge in [-0.3, -0.25) is 5.10 Å². The molecule has 17 heavy (non-hydrogen) atoms. The van der Waals surface area contributed by atoms with Gasteiger partial charge in [-0.2, -0.15) is 5.10 Å². The molecule has 0 bridgehead atoms. The number of aromatic amines is 1. The molecule has 2 nitrogen and oxygen atoms in total. The summed E-state index contributed by atoms with van der Waals surface area (Å²) in [5, 5.41) is 8.26. The van der Waals surface area contributed by atoms with Gasteiger partial charge < -0.3 is 0 Å². The molecule has 0 aliphatic carbocycles. The molecular formula is C13H8BrFN2. The first-order valence-electron chi connectivity index (χ1n) is 5.14. The van der Waals surface area contributed by atoms with Crippen LogP contribution in [0.3, 0.4) is 0 Å². The van der Waals surface area contributed by atoms with E-state index in [-0.39, 0.29) is 5.82 Å². The first-order valence-corrected chi connectivity index (χ1v) is 5.93. The largest absolute Gasteiger partial charge is 0.277 e. The molecule has 4 heteroatoms. The third-order valence-electron chi connectivity index (χ3n) is 2.66. The summed E-state index contributed by atoms with van der Waals surface area (Å²) in [7, 11) is 0. The van der Waals surface area contributed by atoms with Gasteiger partial charge in [0, 0.05) is 15.4 Å². The number of hydrogen-bond acceptors (Lipinski definition) is 1. The topological polar surface area (TPSA) is 28.7 Å². The third kappa shape index (κ3) is 1.74. The Balaban J connectivity index is 2.27. The van der Waals surface area contributed by atoms with E-state index in [1.165, 1.54) is 12.1 Å². The maximum atomic E-state index is 12.9. The molecule has 0 amide bonds. The highest BCUT2D eigenvalue weighted by Crippen LogP contribution is 2.31. The van der Waals surface area contributed by atoms with Crippen molar-refractivity contribution in [1.82, 2.24) is 10.2 Å². The first kappa shape index (κ1) is 10.5. The van der Waals surface area contributed by atoms with E-state index in [0.29, 0.717) is 0 Å². The van der Waals surface area contributed by atoms with Crippen LogP contribution in [0.15, 0.2) is 46.9 Å². The predicted octanol–water partition coefficient (Wildman–Crippen LogP) is 4.13. The Bertz CT molecular complexity index is 673. The van der Waals surface area contributed by atoms with Gasteiger partial charge >= 0.3 is 0 Å². The van der Waals surface area contributed by atoms with Crippen molar-refractivity contribution in [2.24, 2.45) is 0 Å². The van der Waals surface area contributed by atoms with E-state index in [2.05, 4.69) is 26.1 Å². The molecule has 84 valence electrons. The predicted molar refractivity (Wildman–Crippen MR) is 69.2 cm³/mol. The van der Waals surface area contributed by atoms with E-state index in [0.717, 1.165) is 26.6 Å². The molecule has 0 spiro atoms. The van der Waals surface area contributed by atoms with E-state index >= 15 is 0 Å². The van der Waals surface area contributed by atoms with Crippen molar-refractivity contribution in [3.8, 4) is 11.3 Å². The van der Waals surface area contributed by atoms with Crippen LogP contribution in [0, 0.1) is 5.82 Å². The minimum Gasteiger partial charge on any atom is -0.277 e. The summed E-state index contributed by atoms with van der Waals surface area (Å²) in [6.45, 7) is 0. The highest BCUT2D eigenvalue weighted by atomic mass is 79.9. The number of aromatic nitrogens is 2. The van der Waals surface area contributed by atoms with E-state index < -0.39 is 0 Å². The Morgan fingerprint density at radius 3 is 2.59 bits per heavy atom. The Morgan fingerprint density at radius 1 is 1.06 bits per heavy atom. The average molecular weight is 291 g/mol. The molecule has 0 fully saturated rings. The molecule has 0 aliphatic rings. The number of rotatable bonds is 1. The Labute approximate surface area is 106 Å². The summed E-state index contributed by atoms with van der Waals surface area (Å²) >= 11 is 3.50. The fourth-order valence-corrected chi connectivity index (χ4v) is 2.40. The van der Waals surface area contributed by atoms with Crippen LogP contribution < -0.4 is 0 Å². The smallest absolute Gasteiger partial charge is 0.123 e. The molecule has 3 aromatic rings. The summed E-state index contributed by atoms with van der Waals surface area (Å²) < 4.78 is 13.9. The number of hydrogen-bond donors (Lipinski definition) is 1. The Kier molecular flexibility index (Phi) is 2.44. The van der Waals surface area contributed by atoms with Crippen LogP contribution in [0.25, 0.3) is 22.2 Å². The standard InChI is InChI=1S/C13H8BrFN2/c14-10-2-1-3-11-12(10)13(17-16-11)8-4-6-9(15)7-5-8/h1-7H,(H,16,17). The zero-order valence-corrected chi connectivity index (χ0v) is 10.3. The molecule has 0 atom stereocenters. The molecule has 0 saturated heterocycles. The average Bonchev–Trinajstić information content (AvgIpc) is 2.75. The van der Waals surface area contributed by atoms with Crippen LogP contribution in [0.4, 0.5) is 4.39 Å². The van der Waals surface area contributed by atoms with Crippen LogP contribution in [0.5, 0.6) is 0 Å². The van der Waals surface area contributed by atoms with Crippen LogP contribution in [-0.2, 0) is 0 Å². The lowest BCUT2D eigenvalue weighted by Crippen LogP contribution is -1.80. The van der Waals surface area contributed by atoms with Gasteiger partial charge in [-0.15, -0.1) is 0 Å². The van der Waals surface area contributed by atoms with Crippen molar-refractivity contribution in [3.05, 3.63) is 52.8 Å². The first-order chi connectivity index (χ1) is 8.25. The fourth-order valence-electron chi connectivity index (χ4n) is 1.85. The lowest BCUT2D eigenvalue weighted by atomic mass is 10.1. The van der Waals surface area contributed by atoms with Gasteiger partial charge in [0.1, 0.15) is 11.5 Å². The summed E-state index contributed by atoms with van der Waals surface area (Å²) in [5.41, 5.74) is 2.68. The van der Waals surface area contributed by atoms with E-state index in [9.17, 15) is 4.39 Å². The quantitative estimate of drug-likeness (QED) is 0.717. The van der Waals surface area contributed by atoms with Gasteiger partial charge in [0.15, 0.2) is 0 Å². The summed E-state index contributed by atoms with van der Waals surface area (Å²) in [6, 6.07) is 12.2. The zero-order valence-electron chi connectivity index (χ0n) is 8.74. The zero-order chi connectivity index (χ0) is 11.8. The normalized spacial score (nSPS) is 10.9. The van der Waals surface area contributed by atoms with E-state index in [4.69, 9.17) is 0 Å². The number of fused-ring (bicyclic) bond motifs is 1. The number of halogens is 2. The SMILES string of the molecule is Fc1ccc(-c2n[nH]c3cccc(Br)c23)cc1. The monoisotopic (exact) mass is 290 g/mol. The molecule has 0 unspecified atom stereocenters. The van der Waals surface area contributed by atoms with Crippen molar-refractivity contribution in [2.45, 2.75) is 0 Å². The van der Waals surface area contributed by atoms with Crippen molar-refractivity contribution < 1.29 is 4.39 Å². The van der Waals surface area contributed by atoms with Crippen LogP contribution >= 0.6 is 15.9 Å². The lowest BCUT2D eigenvalue weighted by Gasteiger charge is -1.99. The van der Waals surface area contributed by atoms with Crippen LogP contribution in [-0.4, -0.2) is 10.2 Å². The van der Waals surface area contributed by atoms with E-state index in [1.807, 2.05) is 18.2 Å². The molecule has 1 N–H and O–H groups in total. The van der Waals surface area contributed by atoms with Crippen LogP contribution in [0.1, 0.15) is 0 Å². The van der Waals surface area contributed by atoms with Crippen molar-refractivity contribution in [2.75, 3.05) is 0 Å². The molecule has 0 aliphatic heterocycles. The second-order valence-electron chi connectivity index (χ2n) is 3.74. The summed E-state index contributed by atoms with van der Waals surface area (Å²) in [5.74, 6) is -0.243. The minimum absolute atomic E-state index is 0.243. The fraction of sp³-hybridized carbons (Fsp3) is 0. The number of benzene rings is 2. The summed E-state index contributed by atoms with van der Waals surface area (Å²) in [6.07, 6.45) is 0. The van der Waals surface area contributed by atoms with Gasteiger partial charge in [0.25, 0.3) is 0 Å². The highest BCUT2D eigenvalue weighted by Gasteiger charge is 2.10. The maximum Gasteiger partial charge on any atom is 0.123 e. The van der Waals surface area contributed by atoms with Crippen LogP contribution in [0.2, 0.25) is 0 Å². The highest BCUT2D eigenvalue weighted by molar-refractivity contribution is 9.10. The van der Waals surface area contributed by atoms with Gasteiger partial charge in [-0.1, -0.05) is 22.0 Å². The maximum absolute atomic E-state index is 12.9. The number of nitrogens with zero attached hydrogens (tertiary/aromatic N) is 1. The van der Waals surface area contributed by atoms with Gasteiger partial charge in [-0.25, -0.2) is 4.39 Å². The number of H-pyrrole nitrogens is 1. The third-order valence-corrected chi connectivity index (χ3v) is 3.32. The van der Waals surface area contributed by atoms with Crippen molar-refractivity contribution in [1.29, 1.82) is 0 Å². The van der Waals surface area contributed by atoms with E-state index in [1.54, 1.807) is 12.1 Å². The Hall–Kier alpha value is -1.68. The van der Waals surface area contributed by atoms with Gasteiger partial charge in [0.2, 0.25) is 0 Å².